The van der Waals surface area contributed by atoms with Crippen molar-refractivity contribution in [3.63, 3.8) is 0 Å². The Bertz CT molecular complexity index is 2890. The van der Waals surface area contributed by atoms with Crippen LogP contribution in [0.2, 0.25) is 0 Å². The van der Waals surface area contributed by atoms with Gasteiger partial charge in [-0.15, -0.1) is 0 Å². The Balaban J connectivity index is 1.11. The third-order valence-electron chi connectivity index (χ3n) is 10.6. The first-order valence-electron chi connectivity index (χ1n) is 17.7. The van der Waals surface area contributed by atoms with Crippen LogP contribution in [-0.2, 0) is 5.41 Å². The SMILES string of the molecule is CC1(c2ccccc2)C=CC(c2nc(-c3ccccc3)nc(-c3cccc4oc5cc(-c6cc7ccccc7c7ccccc67)ccc5c34)n2)=CC1. The van der Waals surface area contributed by atoms with Gasteiger partial charge in [-0.3, -0.25) is 0 Å². The van der Waals surface area contributed by atoms with E-state index in [1.807, 2.05) is 42.5 Å². The van der Waals surface area contributed by atoms with E-state index < -0.39 is 0 Å². The predicted molar refractivity (Wildman–Crippen MR) is 214 cm³/mol. The number of furan rings is 1. The van der Waals surface area contributed by atoms with E-state index in [9.17, 15) is 0 Å². The average molecular weight is 668 g/mol. The lowest BCUT2D eigenvalue weighted by Crippen LogP contribution is -2.20. The zero-order valence-electron chi connectivity index (χ0n) is 28.6. The lowest BCUT2D eigenvalue weighted by atomic mass is 9.76. The molecule has 1 aliphatic carbocycles. The van der Waals surface area contributed by atoms with Crippen LogP contribution in [0.1, 0.15) is 24.7 Å². The van der Waals surface area contributed by atoms with Gasteiger partial charge in [-0.1, -0.05) is 153 Å². The summed E-state index contributed by atoms with van der Waals surface area (Å²) in [4.78, 5) is 15.3. The first-order chi connectivity index (χ1) is 25.6. The highest BCUT2D eigenvalue weighted by Gasteiger charge is 2.26. The maximum Gasteiger partial charge on any atom is 0.164 e. The second kappa shape index (κ2) is 12.0. The zero-order chi connectivity index (χ0) is 34.6. The van der Waals surface area contributed by atoms with E-state index >= 15 is 0 Å². The summed E-state index contributed by atoms with van der Waals surface area (Å²) in [6.07, 6.45) is 7.55. The summed E-state index contributed by atoms with van der Waals surface area (Å²) in [6, 6.07) is 53.0. The lowest BCUT2D eigenvalue weighted by Gasteiger charge is -2.28. The average Bonchev–Trinajstić information content (AvgIpc) is 3.59. The number of nitrogens with zero attached hydrogens (tertiary/aromatic N) is 3. The summed E-state index contributed by atoms with van der Waals surface area (Å²) in [7, 11) is 0. The summed E-state index contributed by atoms with van der Waals surface area (Å²) in [6.45, 7) is 2.28. The van der Waals surface area contributed by atoms with Crippen LogP contribution in [0, 0.1) is 0 Å². The third kappa shape index (κ3) is 5.03. The molecule has 0 fully saturated rings. The molecule has 0 bridgehead atoms. The van der Waals surface area contributed by atoms with Crippen LogP contribution in [0.4, 0.5) is 0 Å². The molecule has 10 rings (SSSR count). The quantitative estimate of drug-likeness (QED) is 0.171. The van der Waals surface area contributed by atoms with Crippen molar-refractivity contribution in [3.8, 4) is 33.9 Å². The van der Waals surface area contributed by atoms with Crippen molar-refractivity contribution in [2.75, 3.05) is 0 Å². The number of fused-ring (bicyclic) bond motifs is 6. The molecule has 4 nitrogen and oxygen atoms in total. The highest BCUT2D eigenvalue weighted by molar-refractivity contribution is 6.16. The highest BCUT2D eigenvalue weighted by Crippen LogP contribution is 2.41. The van der Waals surface area contributed by atoms with Crippen molar-refractivity contribution in [3.05, 3.63) is 181 Å². The summed E-state index contributed by atoms with van der Waals surface area (Å²) in [5.74, 6) is 1.92. The van der Waals surface area contributed by atoms with Crippen LogP contribution < -0.4 is 0 Å². The molecule has 2 aromatic heterocycles. The van der Waals surface area contributed by atoms with Gasteiger partial charge in [0.25, 0.3) is 0 Å². The van der Waals surface area contributed by atoms with Gasteiger partial charge in [0.2, 0.25) is 0 Å². The van der Waals surface area contributed by atoms with Crippen LogP contribution in [-0.4, -0.2) is 15.0 Å². The molecule has 2 heterocycles. The number of hydrogen-bond donors (Lipinski definition) is 0. The van der Waals surface area contributed by atoms with Gasteiger partial charge in [-0.2, -0.15) is 0 Å². The monoisotopic (exact) mass is 667 g/mol. The molecule has 1 atom stereocenters. The van der Waals surface area contributed by atoms with Gasteiger partial charge in [0.15, 0.2) is 17.5 Å². The van der Waals surface area contributed by atoms with E-state index in [2.05, 4.69) is 134 Å². The van der Waals surface area contributed by atoms with Crippen LogP contribution in [0.5, 0.6) is 0 Å². The Morgan fingerprint density at radius 1 is 0.519 bits per heavy atom. The number of rotatable bonds is 5. The number of benzene rings is 7. The molecule has 0 spiro atoms. The number of allylic oxidation sites excluding steroid dienone is 4. The maximum atomic E-state index is 6.61. The molecule has 4 heteroatoms. The summed E-state index contributed by atoms with van der Waals surface area (Å²) in [5.41, 5.74) is 7.96. The maximum absolute atomic E-state index is 6.61. The first-order valence-corrected chi connectivity index (χ1v) is 17.7. The normalized spacial score (nSPS) is 15.8. The molecule has 0 amide bonds. The highest BCUT2D eigenvalue weighted by atomic mass is 16.3. The van der Waals surface area contributed by atoms with Crippen LogP contribution in [0.15, 0.2) is 174 Å². The fourth-order valence-electron chi connectivity index (χ4n) is 7.75. The van der Waals surface area contributed by atoms with Gasteiger partial charge >= 0.3 is 0 Å². The standard InChI is InChI=1S/C48H33N3O/c1-48(35-16-6-3-7-17-35)27-25-32(26-28-48)46-49-45(31-13-4-2-5-14-31)50-47(51-46)40-21-12-22-42-44(40)39-24-23-34(30-43(39)52-42)41-29-33-15-8-9-18-36(33)37-19-10-11-20-38(37)41/h2-27,29-30H,28H2,1H3. The third-order valence-corrected chi connectivity index (χ3v) is 10.6. The molecule has 7 aromatic carbocycles. The Morgan fingerprint density at radius 3 is 2.04 bits per heavy atom. The molecule has 0 saturated carbocycles. The Labute approximate surface area is 301 Å². The number of hydrogen-bond acceptors (Lipinski definition) is 4. The van der Waals surface area contributed by atoms with Crippen molar-refractivity contribution in [2.45, 2.75) is 18.8 Å². The van der Waals surface area contributed by atoms with E-state index in [-0.39, 0.29) is 5.41 Å². The fraction of sp³-hybridized carbons (Fsp3) is 0.0625. The summed E-state index contributed by atoms with van der Waals surface area (Å²) < 4.78 is 6.61. The second-order valence-corrected chi connectivity index (χ2v) is 13.8. The van der Waals surface area contributed by atoms with Crippen molar-refractivity contribution in [1.29, 1.82) is 0 Å². The van der Waals surface area contributed by atoms with E-state index in [0.717, 1.165) is 50.6 Å². The molecule has 52 heavy (non-hydrogen) atoms. The number of aromatic nitrogens is 3. The van der Waals surface area contributed by atoms with E-state index in [1.165, 1.54) is 32.7 Å². The molecular weight excluding hydrogens is 635 g/mol. The molecule has 1 aliphatic rings. The van der Waals surface area contributed by atoms with Crippen LogP contribution in [0.25, 0.3) is 83.0 Å². The first kappa shape index (κ1) is 30.2. The van der Waals surface area contributed by atoms with Crippen LogP contribution >= 0.6 is 0 Å². The van der Waals surface area contributed by atoms with E-state index in [1.54, 1.807) is 0 Å². The topological polar surface area (TPSA) is 51.8 Å². The van der Waals surface area contributed by atoms with Gasteiger partial charge < -0.3 is 4.42 Å². The smallest absolute Gasteiger partial charge is 0.164 e. The fourth-order valence-corrected chi connectivity index (χ4v) is 7.75. The molecular formula is C48H33N3O. The lowest BCUT2D eigenvalue weighted by molar-refractivity contribution is 0.601. The van der Waals surface area contributed by atoms with Crippen LogP contribution in [0.3, 0.4) is 0 Å². The van der Waals surface area contributed by atoms with Gasteiger partial charge in [0.05, 0.1) is 0 Å². The molecule has 0 saturated heterocycles. The Morgan fingerprint density at radius 2 is 1.23 bits per heavy atom. The largest absolute Gasteiger partial charge is 0.456 e. The molecule has 1 unspecified atom stereocenters. The molecule has 0 N–H and O–H groups in total. The molecule has 9 aromatic rings. The minimum absolute atomic E-state index is 0.0951. The predicted octanol–water partition coefficient (Wildman–Crippen LogP) is 12.4. The second-order valence-electron chi connectivity index (χ2n) is 13.8. The Hall–Kier alpha value is -6.65. The van der Waals surface area contributed by atoms with Crippen molar-refractivity contribution < 1.29 is 4.42 Å². The molecule has 0 radical (unpaired) electrons. The van der Waals surface area contributed by atoms with Crippen molar-refractivity contribution in [2.24, 2.45) is 0 Å². The molecule has 0 aliphatic heterocycles. The van der Waals surface area contributed by atoms with Gasteiger partial charge in [0, 0.05) is 32.9 Å². The van der Waals surface area contributed by atoms with Gasteiger partial charge in [0.1, 0.15) is 11.2 Å². The van der Waals surface area contributed by atoms with E-state index in [4.69, 9.17) is 19.4 Å². The van der Waals surface area contributed by atoms with Gasteiger partial charge in [-0.25, -0.2) is 15.0 Å². The minimum atomic E-state index is -0.0951. The van der Waals surface area contributed by atoms with E-state index in [0.29, 0.717) is 17.5 Å². The zero-order valence-corrected chi connectivity index (χ0v) is 28.6. The molecule has 246 valence electrons. The van der Waals surface area contributed by atoms with Crippen molar-refractivity contribution in [1.82, 2.24) is 15.0 Å². The summed E-state index contributed by atoms with van der Waals surface area (Å²) >= 11 is 0. The Kier molecular flexibility index (Phi) is 6.97. The van der Waals surface area contributed by atoms with Crippen molar-refractivity contribution >= 4 is 49.1 Å². The van der Waals surface area contributed by atoms with Gasteiger partial charge in [-0.05, 0) is 68.9 Å². The summed E-state index contributed by atoms with van der Waals surface area (Å²) in [5, 5.41) is 6.96. The minimum Gasteiger partial charge on any atom is -0.456 e.